The van der Waals surface area contributed by atoms with Gasteiger partial charge < -0.3 is 0 Å². The van der Waals surface area contributed by atoms with Gasteiger partial charge in [0, 0.05) is 4.90 Å². The molecule has 1 unspecified atom stereocenters. The van der Waals surface area contributed by atoms with Gasteiger partial charge >= 0.3 is 0 Å². The minimum Gasteiger partial charge on any atom is -0.298 e. The quantitative estimate of drug-likeness (QED) is 0.365. The summed E-state index contributed by atoms with van der Waals surface area (Å²) in [6.07, 6.45) is 11.0. The zero-order chi connectivity index (χ0) is 23.4. The topological polar surface area (TPSA) is 34.1 Å². The van der Waals surface area contributed by atoms with Crippen LogP contribution >= 0.6 is 11.8 Å². The minimum atomic E-state index is -0.483. The molecule has 0 heterocycles. The molecule has 2 fully saturated rings. The molecular weight excluding hydrogens is 424 g/mol. The van der Waals surface area contributed by atoms with E-state index in [1.54, 1.807) is 24.3 Å². The number of carbonyl (C=O) groups excluding carboxylic acids is 2. The second kappa shape index (κ2) is 8.31. The van der Waals surface area contributed by atoms with Gasteiger partial charge in [-0.3, -0.25) is 9.59 Å². The summed E-state index contributed by atoms with van der Waals surface area (Å²) < 4.78 is 0. The van der Waals surface area contributed by atoms with Crippen LogP contribution in [0, 0.1) is 34.5 Å². The number of allylic oxidation sites excluding steroid dienone is 4. The highest BCUT2D eigenvalue weighted by Gasteiger charge is 2.62. The van der Waals surface area contributed by atoms with E-state index in [-0.39, 0.29) is 22.9 Å². The van der Waals surface area contributed by atoms with Gasteiger partial charge in [0.1, 0.15) is 5.78 Å². The zero-order valence-electron chi connectivity index (χ0n) is 20.3. The number of hydrogen-bond acceptors (Lipinski definition) is 3. The van der Waals surface area contributed by atoms with Crippen LogP contribution in [0.1, 0.15) is 77.2 Å². The van der Waals surface area contributed by atoms with Crippen LogP contribution in [0.25, 0.3) is 0 Å². The third-order valence-electron chi connectivity index (χ3n) is 9.50. The van der Waals surface area contributed by atoms with E-state index in [0.717, 1.165) is 50.5 Å². The summed E-state index contributed by atoms with van der Waals surface area (Å²) in [4.78, 5) is 27.2. The smallest absolute Gasteiger partial charge is 0.163 e. The molecule has 3 heteroatoms. The zero-order valence-corrected chi connectivity index (χ0v) is 21.1. The highest BCUT2D eigenvalue weighted by molar-refractivity contribution is 7.98. The SMILES string of the molecule is CC#C[C@]1(C(C)=O)CC[C@H]2[C@@H]3CCC4=CC(=O)C(c5ccc(SC)cc5)CC4=C3CC[C@@]21C. The van der Waals surface area contributed by atoms with E-state index in [4.69, 9.17) is 0 Å². The van der Waals surface area contributed by atoms with Gasteiger partial charge in [0.2, 0.25) is 0 Å². The van der Waals surface area contributed by atoms with Crippen molar-refractivity contribution >= 4 is 23.3 Å². The number of thioether (sulfide) groups is 1. The molecule has 0 bridgehead atoms. The molecule has 0 radical (unpaired) electrons. The lowest BCUT2D eigenvalue weighted by atomic mass is 9.51. The summed E-state index contributed by atoms with van der Waals surface area (Å²) in [5.41, 5.74) is 4.96. The molecule has 1 aromatic rings. The van der Waals surface area contributed by atoms with Crippen molar-refractivity contribution < 1.29 is 9.59 Å². The summed E-state index contributed by atoms with van der Waals surface area (Å²) in [6.45, 7) is 5.98. The highest BCUT2D eigenvalue weighted by atomic mass is 32.2. The molecule has 0 saturated heterocycles. The van der Waals surface area contributed by atoms with Gasteiger partial charge in [-0.2, -0.15) is 0 Å². The monoisotopic (exact) mass is 458 g/mol. The van der Waals surface area contributed by atoms with Crippen molar-refractivity contribution in [3.63, 3.8) is 0 Å². The number of rotatable bonds is 3. The van der Waals surface area contributed by atoms with Crippen LogP contribution in [-0.2, 0) is 9.59 Å². The Morgan fingerprint density at radius 1 is 1.12 bits per heavy atom. The first-order valence-electron chi connectivity index (χ1n) is 12.4. The Bertz CT molecular complexity index is 1130. The van der Waals surface area contributed by atoms with Gasteiger partial charge in [-0.15, -0.1) is 17.7 Å². The van der Waals surface area contributed by atoms with Gasteiger partial charge in [-0.1, -0.05) is 30.6 Å². The molecule has 4 aliphatic carbocycles. The van der Waals surface area contributed by atoms with Crippen LogP contribution in [-0.4, -0.2) is 17.8 Å². The fraction of sp³-hybridized carbons (Fsp3) is 0.533. The molecule has 4 aliphatic rings. The first-order valence-corrected chi connectivity index (χ1v) is 13.6. The maximum absolute atomic E-state index is 13.1. The molecule has 2 nitrogen and oxygen atoms in total. The molecule has 0 amide bonds. The Morgan fingerprint density at radius 3 is 2.55 bits per heavy atom. The average molecular weight is 459 g/mol. The average Bonchev–Trinajstić information content (AvgIpc) is 3.12. The van der Waals surface area contributed by atoms with E-state index in [9.17, 15) is 9.59 Å². The fourth-order valence-electron chi connectivity index (χ4n) is 7.78. The maximum atomic E-state index is 13.1. The second-order valence-corrected chi connectivity index (χ2v) is 11.5. The van der Waals surface area contributed by atoms with Crippen LogP contribution in [0.15, 0.2) is 52.0 Å². The Hall–Kier alpha value is -2.05. The largest absolute Gasteiger partial charge is 0.298 e. The standard InChI is InChI=1S/C30H34O2S/c1-5-14-30(19(2)31)16-13-27-24-11-8-21-17-28(32)26(20-6-9-22(33-4)10-7-20)18-25(21)23(24)12-15-29(27,30)3/h6-7,9-10,17,24,26-27H,8,11-13,15-16,18H2,1-4H3/t24-,26?,27+,29+,30-/m1/s1. The van der Waals surface area contributed by atoms with E-state index < -0.39 is 5.41 Å². The molecule has 1 aromatic carbocycles. The van der Waals surface area contributed by atoms with E-state index in [2.05, 4.69) is 49.3 Å². The Morgan fingerprint density at radius 2 is 1.88 bits per heavy atom. The molecule has 2 saturated carbocycles. The van der Waals surface area contributed by atoms with Crippen molar-refractivity contribution in [2.45, 2.75) is 76.5 Å². The normalized spacial score (nSPS) is 35.1. The molecule has 5 rings (SSSR count). The Labute approximate surface area is 202 Å². The lowest BCUT2D eigenvalue weighted by Crippen LogP contribution is -2.48. The number of carbonyl (C=O) groups is 2. The summed E-state index contributed by atoms with van der Waals surface area (Å²) in [5, 5.41) is 0. The molecule has 172 valence electrons. The molecule has 0 spiro atoms. The fourth-order valence-corrected chi connectivity index (χ4v) is 8.19. The highest BCUT2D eigenvalue weighted by Crippen LogP contribution is 2.67. The summed E-state index contributed by atoms with van der Waals surface area (Å²) >= 11 is 1.73. The van der Waals surface area contributed by atoms with Crippen molar-refractivity contribution in [3.05, 3.63) is 52.6 Å². The molecule has 0 N–H and O–H groups in total. The van der Waals surface area contributed by atoms with Crippen LogP contribution in [0.5, 0.6) is 0 Å². The minimum absolute atomic E-state index is 0.0463. The van der Waals surface area contributed by atoms with Crippen LogP contribution < -0.4 is 0 Å². The van der Waals surface area contributed by atoms with Gasteiger partial charge in [-0.05, 0) is 117 Å². The Kier molecular flexibility index (Phi) is 5.73. The van der Waals surface area contributed by atoms with E-state index >= 15 is 0 Å². The Balaban J connectivity index is 1.51. The number of ketones is 2. The van der Waals surface area contributed by atoms with E-state index in [0.29, 0.717) is 11.8 Å². The molecule has 0 aliphatic heterocycles. The predicted octanol–water partition coefficient (Wildman–Crippen LogP) is 6.91. The third kappa shape index (κ3) is 3.32. The lowest BCUT2D eigenvalue weighted by Gasteiger charge is -2.51. The van der Waals surface area contributed by atoms with Crippen molar-refractivity contribution in [1.29, 1.82) is 0 Å². The van der Waals surface area contributed by atoms with Crippen LogP contribution in [0.4, 0.5) is 0 Å². The lowest BCUT2D eigenvalue weighted by molar-refractivity contribution is -0.130. The molecule has 33 heavy (non-hydrogen) atoms. The second-order valence-electron chi connectivity index (χ2n) is 10.6. The molecular formula is C30H34O2S. The first kappa shape index (κ1) is 22.7. The number of fused-ring (bicyclic) bond motifs is 4. The van der Waals surface area contributed by atoms with E-state index in [1.165, 1.54) is 16.0 Å². The van der Waals surface area contributed by atoms with Gasteiger partial charge in [0.25, 0.3) is 0 Å². The summed E-state index contributed by atoms with van der Waals surface area (Å²) in [7, 11) is 0. The summed E-state index contributed by atoms with van der Waals surface area (Å²) in [6, 6.07) is 8.54. The van der Waals surface area contributed by atoms with Crippen molar-refractivity contribution in [1.82, 2.24) is 0 Å². The molecule has 0 aromatic heterocycles. The molecule has 5 atom stereocenters. The number of Topliss-reactive ketones (excluding diaryl/α,β-unsaturated/α-hetero) is 1. The van der Waals surface area contributed by atoms with E-state index in [1.807, 2.05) is 13.0 Å². The maximum Gasteiger partial charge on any atom is 0.163 e. The predicted molar refractivity (Wildman–Crippen MR) is 135 cm³/mol. The van der Waals surface area contributed by atoms with Crippen molar-refractivity contribution in [2.75, 3.05) is 6.26 Å². The van der Waals surface area contributed by atoms with Gasteiger partial charge in [-0.25, -0.2) is 0 Å². The number of benzene rings is 1. The summed E-state index contributed by atoms with van der Waals surface area (Å²) in [5.74, 6) is 8.03. The van der Waals surface area contributed by atoms with Crippen LogP contribution in [0.3, 0.4) is 0 Å². The third-order valence-corrected chi connectivity index (χ3v) is 10.2. The van der Waals surface area contributed by atoms with Crippen LogP contribution in [0.2, 0.25) is 0 Å². The first-order chi connectivity index (χ1) is 15.8. The number of hydrogen-bond donors (Lipinski definition) is 0. The van der Waals surface area contributed by atoms with Gasteiger partial charge in [0.05, 0.1) is 11.3 Å². The van der Waals surface area contributed by atoms with Crippen molar-refractivity contribution in [2.24, 2.45) is 22.7 Å². The van der Waals surface area contributed by atoms with Gasteiger partial charge in [0.15, 0.2) is 5.78 Å². The van der Waals surface area contributed by atoms with Crippen molar-refractivity contribution in [3.8, 4) is 11.8 Å².